The van der Waals surface area contributed by atoms with Crippen LogP contribution in [0.4, 0.5) is 0 Å². The Morgan fingerprint density at radius 1 is 0.950 bits per heavy atom. The van der Waals surface area contributed by atoms with Crippen LogP contribution in [0.1, 0.15) is 15.9 Å². The molecule has 0 saturated heterocycles. The second-order valence-corrected chi connectivity index (χ2v) is 5.37. The molecule has 1 unspecified atom stereocenters. The monoisotopic (exact) mass is 324 g/mol. The largest absolute Gasteiger partial charge is 0.291 e. The van der Waals surface area contributed by atoms with Crippen LogP contribution in [0.2, 0.25) is 0 Å². The van der Waals surface area contributed by atoms with Gasteiger partial charge in [-0.2, -0.15) is 0 Å². The summed E-state index contributed by atoms with van der Waals surface area (Å²) in [7, 11) is 0. The number of hydrogen-bond acceptors (Lipinski definition) is 1. The summed E-state index contributed by atoms with van der Waals surface area (Å²) in [4.78, 5) is 11.2. The van der Waals surface area contributed by atoms with Crippen molar-refractivity contribution in [3.05, 3.63) is 82.4 Å². The minimum absolute atomic E-state index is 0.0703. The molecular formula is C16H11Cl3O. The Morgan fingerprint density at radius 2 is 1.45 bits per heavy atom. The van der Waals surface area contributed by atoms with Crippen molar-refractivity contribution in [3.8, 4) is 0 Å². The van der Waals surface area contributed by atoms with Crippen LogP contribution in [0.5, 0.6) is 0 Å². The summed E-state index contributed by atoms with van der Waals surface area (Å²) in [6.07, 6.45) is 0. The standard InChI is InChI=1S/C16H11Cl3O/c17-11-14(18)16(19,13-9-5-2-6-10-13)15(20)12-7-3-1-4-8-12/h1-11H/b14-11-. The third kappa shape index (κ3) is 2.76. The first-order valence-corrected chi connectivity index (χ1v) is 7.10. The highest BCUT2D eigenvalue weighted by molar-refractivity contribution is 6.50. The summed E-state index contributed by atoms with van der Waals surface area (Å²) in [5.74, 6) is -0.312. The fourth-order valence-electron chi connectivity index (χ4n) is 1.91. The highest BCUT2D eigenvalue weighted by atomic mass is 35.5. The summed E-state index contributed by atoms with van der Waals surface area (Å²) < 4.78 is 0. The van der Waals surface area contributed by atoms with Crippen molar-refractivity contribution in [2.75, 3.05) is 0 Å². The second kappa shape index (κ2) is 6.45. The van der Waals surface area contributed by atoms with Crippen LogP contribution in [0.25, 0.3) is 0 Å². The summed E-state index contributed by atoms with van der Waals surface area (Å²) in [5.41, 5.74) is 2.18. The molecule has 0 aliphatic carbocycles. The molecule has 20 heavy (non-hydrogen) atoms. The fourth-order valence-corrected chi connectivity index (χ4v) is 2.61. The lowest BCUT2D eigenvalue weighted by Gasteiger charge is -2.25. The number of benzene rings is 2. The van der Waals surface area contributed by atoms with E-state index in [1.807, 2.05) is 12.1 Å². The van der Waals surface area contributed by atoms with Crippen molar-refractivity contribution >= 4 is 40.6 Å². The summed E-state index contributed by atoms with van der Waals surface area (Å²) in [6, 6.07) is 17.7. The van der Waals surface area contributed by atoms with Gasteiger partial charge in [0, 0.05) is 11.1 Å². The topological polar surface area (TPSA) is 17.1 Å². The van der Waals surface area contributed by atoms with E-state index < -0.39 is 4.87 Å². The van der Waals surface area contributed by atoms with E-state index in [4.69, 9.17) is 34.8 Å². The van der Waals surface area contributed by atoms with Crippen LogP contribution in [0.15, 0.2) is 71.2 Å². The molecule has 1 nitrogen and oxygen atoms in total. The zero-order valence-corrected chi connectivity index (χ0v) is 12.7. The lowest BCUT2D eigenvalue weighted by molar-refractivity contribution is 0.0957. The summed E-state index contributed by atoms with van der Waals surface area (Å²) >= 11 is 18.4. The van der Waals surface area contributed by atoms with Crippen molar-refractivity contribution in [2.24, 2.45) is 0 Å². The van der Waals surface area contributed by atoms with E-state index in [-0.39, 0.29) is 10.8 Å². The van der Waals surface area contributed by atoms with Crippen LogP contribution in [0, 0.1) is 0 Å². The first kappa shape index (κ1) is 15.1. The van der Waals surface area contributed by atoms with Gasteiger partial charge in [0.25, 0.3) is 0 Å². The smallest absolute Gasteiger partial charge is 0.193 e. The Balaban J connectivity index is 2.57. The third-order valence-electron chi connectivity index (χ3n) is 2.95. The molecule has 0 heterocycles. The van der Waals surface area contributed by atoms with Crippen molar-refractivity contribution in [3.63, 3.8) is 0 Å². The molecule has 2 rings (SSSR count). The molecule has 2 aromatic carbocycles. The molecule has 0 aliphatic heterocycles. The minimum Gasteiger partial charge on any atom is -0.291 e. The molecule has 0 fully saturated rings. The molecule has 0 amide bonds. The van der Waals surface area contributed by atoms with E-state index in [9.17, 15) is 4.79 Å². The molecule has 0 aromatic heterocycles. The highest BCUT2D eigenvalue weighted by Gasteiger charge is 2.41. The van der Waals surface area contributed by atoms with E-state index in [0.717, 1.165) is 5.54 Å². The summed E-state index contributed by atoms with van der Waals surface area (Å²) in [5, 5.41) is 0.0703. The number of hydrogen-bond donors (Lipinski definition) is 0. The van der Waals surface area contributed by atoms with Crippen molar-refractivity contribution in [1.82, 2.24) is 0 Å². The van der Waals surface area contributed by atoms with E-state index in [2.05, 4.69) is 0 Å². The molecule has 0 N–H and O–H groups in total. The Kier molecular flexibility index (Phi) is 4.87. The Hall–Kier alpha value is -1.28. The number of Topliss-reactive ketones (excluding diaryl/α,β-unsaturated/α-hetero) is 1. The molecule has 2 aromatic rings. The van der Waals surface area contributed by atoms with E-state index in [0.29, 0.717) is 11.1 Å². The maximum absolute atomic E-state index is 12.8. The van der Waals surface area contributed by atoms with Crippen LogP contribution >= 0.6 is 34.8 Å². The Morgan fingerprint density at radius 3 is 1.95 bits per heavy atom. The van der Waals surface area contributed by atoms with Gasteiger partial charge >= 0.3 is 0 Å². The Bertz CT molecular complexity index is 623. The quantitative estimate of drug-likeness (QED) is 0.549. The molecule has 0 radical (unpaired) electrons. The first-order valence-electron chi connectivity index (χ1n) is 5.91. The zero-order chi connectivity index (χ0) is 14.6. The van der Waals surface area contributed by atoms with E-state index in [1.165, 1.54) is 0 Å². The molecule has 1 atom stereocenters. The van der Waals surface area contributed by atoms with Gasteiger partial charge in [-0.25, -0.2) is 0 Å². The molecule has 0 bridgehead atoms. The number of ketones is 1. The van der Waals surface area contributed by atoms with Crippen LogP contribution in [-0.4, -0.2) is 5.78 Å². The number of carbonyl (C=O) groups excluding carboxylic acids is 1. The van der Waals surface area contributed by atoms with Crippen LogP contribution in [0.3, 0.4) is 0 Å². The van der Waals surface area contributed by atoms with Gasteiger partial charge in [0.15, 0.2) is 10.7 Å². The predicted molar refractivity (Wildman–Crippen MR) is 84.5 cm³/mol. The van der Waals surface area contributed by atoms with Crippen molar-refractivity contribution < 1.29 is 4.79 Å². The number of rotatable bonds is 4. The molecule has 4 heteroatoms. The lowest BCUT2D eigenvalue weighted by atomic mass is 9.89. The van der Waals surface area contributed by atoms with Gasteiger partial charge in [0.1, 0.15) is 0 Å². The lowest BCUT2D eigenvalue weighted by Crippen LogP contribution is -2.30. The first-order chi connectivity index (χ1) is 9.60. The van der Waals surface area contributed by atoms with Gasteiger partial charge in [-0.3, -0.25) is 4.79 Å². The molecule has 0 spiro atoms. The minimum atomic E-state index is -1.51. The predicted octanol–water partition coefficient (Wildman–Crippen LogP) is 5.32. The van der Waals surface area contributed by atoms with Gasteiger partial charge < -0.3 is 0 Å². The van der Waals surface area contributed by atoms with Gasteiger partial charge in [-0.05, 0) is 5.56 Å². The Labute approximate surface area is 132 Å². The normalized spacial score (nSPS) is 14.7. The molecule has 0 saturated carbocycles. The average Bonchev–Trinajstić information content (AvgIpc) is 2.54. The zero-order valence-electron chi connectivity index (χ0n) is 10.4. The van der Waals surface area contributed by atoms with Crippen molar-refractivity contribution in [1.29, 1.82) is 0 Å². The van der Waals surface area contributed by atoms with Crippen LogP contribution < -0.4 is 0 Å². The number of allylic oxidation sites excluding steroid dienone is 1. The molecular weight excluding hydrogens is 315 g/mol. The van der Waals surface area contributed by atoms with Gasteiger partial charge in [-0.15, -0.1) is 0 Å². The maximum Gasteiger partial charge on any atom is 0.193 e. The van der Waals surface area contributed by atoms with Gasteiger partial charge in [0.2, 0.25) is 0 Å². The highest BCUT2D eigenvalue weighted by Crippen LogP contribution is 2.42. The molecule has 102 valence electrons. The van der Waals surface area contributed by atoms with Crippen LogP contribution in [-0.2, 0) is 4.87 Å². The second-order valence-electron chi connectivity index (χ2n) is 4.18. The maximum atomic E-state index is 12.8. The van der Waals surface area contributed by atoms with Gasteiger partial charge in [-0.1, -0.05) is 95.5 Å². The number of carbonyl (C=O) groups is 1. The molecule has 0 aliphatic rings. The van der Waals surface area contributed by atoms with E-state index >= 15 is 0 Å². The number of alkyl halides is 1. The fraction of sp³-hybridized carbons (Fsp3) is 0.0625. The van der Waals surface area contributed by atoms with Gasteiger partial charge in [0.05, 0.1) is 5.03 Å². The summed E-state index contributed by atoms with van der Waals surface area (Å²) in [6.45, 7) is 0. The van der Waals surface area contributed by atoms with E-state index in [1.54, 1.807) is 48.5 Å². The van der Waals surface area contributed by atoms with Crippen molar-refractivity contribution in [2.45, 2.75) is 4.87 Å². The average molecular weight is 326 g/mol. The third-order valence-corrected chi connectivity index (χ3v) is 4.36. The number of halogens is 3. The SMILES string of the molecule is O=C(c1ccccc1)C(Cl)(/C(Cl)=C/Cl)c1ccccc1.